The lowest BCUT2D eigenvalue weighted by Gasteiger charge is -2.38. The third kappa shape index (κ3) is 5.80. The Hall–Kier alpha value is -0.900. The first kappa shape index (κ1) is 20.4. The summed E-state index contributed by atoms with van der Waals surface area (Å²) in [7, 11) is 0. The molecule has 2 fully saturated rings. The highest BCUT2D eigenvalue weighted by Gasteiger charge is 2.36. The molecule has 0 atom stereocenters. The molecule has 25 heavy (non-hydrogen) atoms. The van der Waals surface area contributed by atoms with Crippen molar-refractivity contribution in [2.75, 3.05) is 13.1 Å². The van der Waals surface area contributed by atoms with E-state index < -0.39 is 0 Å². The van der Waals surface area contributed by atoms with Crippen LogP contribution in [0.2, 0.25) is 0 Å². The molecule has 1 amide bonds. The smallest absolute Gasteiger partial charge is 0.225 e. The number of nitrogens with zero attached hydrogens (tertiary/aromatic N) is 1. The van der Waals surface area contributed by atoms with Crippen LogP contribution in [0.4, 0.5) is 0 Å². The number of rotatable bonds is 3. The van der Waals surface area contributed by atoms with E-state index in [2.05, 4.69) is 20.8 Å². The van der Waals surface area contributed by atoms with E-state index in [0.29, 0.717) is 17.8 Å². The van der Waals surface area contributed by atoms with E-state index in [9.17, 15) is 9.59 Å². The van der Waals surface area contributed by atoms with E-state index in [4.69, 9.17) is 4.74 Å². The number of ether oxygens (including phenoxy) is 1. The molecule has 0 aromatic carbocycles. The maximum atomic E-state index is 12.8. The molecule has 1 saturated carbocycles. The fourth-order valence-electron chi connectivity index (χ4n) is 4.16. The van der Waals surface area contributed by atoms with Crippen molar-refractivity contribution in [1.29, 1.82) is 0 Å². The molecule has 4 heteroatoms. The summed E-state index contributed by atoms with van der Waals surface area (Å²) in [6.45, 7) is 13.7. The first-order chi connectivity index (χ1) is 11.5. The van der Waals surface area contributed by atoms with Gasteiger partial charge < -0.3 is 9.64 Å². The first-order valence-corrected chi connectivity index (χ1v) is 9.98. The molecule has 0 unspecified atom stereocenters. The maximum absolute atomic E-state index is 12.8. The summed E-state index contributed by atoms with van der Waals surface area (Å²) in [5.41, 5.74) is -0.384. The van der Waals surface area contributed by atoms with Crippen LogP contribution in [0, 0.1) is 17.3 Å². The maximum Gasteiger partial charge on any atom is 0.225 e. The number of carbonyl (C=O) groups excluding carboxylic acids is 2. The van der Waals surface area contributed by atoms with Gasteiger partial charge in [0.1, 0.15) is 5.78 Å². The number of amides is 1. The Labute approximate surface area is 153 Å². The van der Waals surface area contributed by atoms with Crippen LogP contribution in [0.3, 0.4) is 0 Å². The highest BCUT2D eigenvalue weighted by molar-refractivity contribution is 5.86. The van der Waals surface area contributed by atoms with Crippen LogP contribution >= 0.6 is 0 Å². The number of hydrogen-bond donors (Lipinski definition) is 0. The van der Waals surface area contributed by atoms with Crippen molar-refractivity contribution < 1.29 is 14.3 Å². The van der Waals surface area contributed by atoms with Crippen molar-refractivity contribution in [1.82, 2.24) is 4.90 Å². The van der Waals surface area contributed by atoms with E-state index in [0.717, 1.165) is 51.6 Å². The van der Waals surface area contributed by atoms with Crippen LogP contribution in [0.25, 0.3) is 0 Å². The van der Waals surface area contributed by atoms with Gasteiger partial charge in [-0.2, -0.15) is 0 Å². The molecular formula is C21H37NO3. The van der Waals surface area contributed by atoms with Crippen LogP contribution in [0.15, 0.2) is 0 Å². The highest BCUT2D eigenvalue weighted by Crippen LogP contribution is 2.32. The van der Waals surface area contributed by atoms with Gasteiger partial charge in [-0.1, -0.05) is 20.8 Å². The van der Waals surface area contributed by atoms with Gasteiger partial charge in [-0.25, -0.2) is 0 Å². The van der Waals surface area contributed by atoms with E-state index in [1.807, 2.05) is 25.7 Å². The molecule has 4 nitrogen and oxygen atoms in total. The molecule has 1 saturated heterocycles. The number of ketones is 1. The Bertz CT molecular complexity index is 470. The molecule has 1 aliphatic heterocycles. The Morgan fingerprint density at radius 2 is 1.32 bits per heavy atom. The third-order valence-corrected chi connectivity index (χ3v) is 5.46. The van der Waals surface area contributed by atoms with Crippen molar-refractivity contribution in [3.05, 3.63) is 0 Å². The second kappa shape index (κ2) is 7.77. The number of Topliss-reactive ketones (excluding diaryl/α,β-unsaturated/α-hetero) is 1. The Morgan fingerprint density at radius 1 is 0.800 bits per heavy atom. The predicted octanol–water partition coefficient (Wildman–Crippen LogP) is 4.21. The molecule has 0 aromatic rings. The average molecular weight is 352 g/mol. The summed E-state index contributed by atoms with van der Waals surface area (Å²) in [5.74, 6) is 0.921. The lowest BCUT2D eigenvalue weighted by atomic mass is 9.78. The number of piperidine rings is 1. The monoisotopic (exact) mass is 351 g/mol. The van der Waals surface area contributed by atoms with Crippen LogP contribution in [-0.2, 0) is 14.3 Å². The topological polar surface area (TPSA) is 46.6 Å². The summed E-state index contributed by atoms with van der Waals surface area (Å²) in [4.78, 5) is 27.3. The molecule has 1 heterocycles. The minimum atomic E-state index is -0.276. The van der Waals surface area contributed by atoms with E-state index in [1.54, 1.807) is 0 Å². The molecule has 0 N–H and O–H groups in total. The zero-order chi connectivity index (χ0) is 18.8. The molecule has 0 aromatic heterocycles. The van der Waals surface area contributed by atoms with E-state index in [1.165, 1.54) is 0 Å². The third-order valence-electron chi connectivity index (χ3n) is 5.46. The summed E-state index contributed by atoms with van der Waals surface area (Å²) >= 11 is 0. The normalized spacial score (nSPS) is 26.6. The highest BCUT2D eigenvalue weighted by atomic mass is 16.5. The Kier molecular flexibility index (Phi) is 6.35. The van der Waals surface area contributed by atoms with Crippen LogP contribution < -0.4 is 0 Å². The molecule has 0 bridgehead atoms. The second-order valence-corrected chi connectivity index (χ2v) is 9.92. The lowest BCUT2D eigenvalue weighted by Crippen LogP contribution is -2.45. The summed E-state index contributed by atoms with van der Waals surface area (Å²) < 4.78 is 6.06. The number of carbonyl (C=O) groups is 2. The standard InChI is InChI=1S/C21H37NO3/c1-20(2,3)18(23)15-11-13-22(14-12-15)19(24)16-7-9-17(10-8-16)25-21(4,5)6/h15-17H,7-14H2,1-6H3/t16-,17-. The minimum Gasteiger partial charge on any atom is -0.373 e. The van der Waals surface area contributed by atoms with E-state index in [-0.39, 0.29) is 22.9 Å². The largest absolute Gasteiger partial charge is 0.373 e. The van der Waals surface area contributed by atoms with Crippen molar-refractivity contribution in [3.8, 4) is 0 Å². The molecule has 144 valence electrons. The van der Waals surface area contributed by atoms with Gasteiger partial charge in [0.15, 0.2) is 0 Å². The van der Waals surface area contributed by atoms with Gasteiger partial charge in [0.25, 0.3) is 0 Å². The van der Waals surface area contributed by atoms with Crippen molar-refractivity contribution in [2.24, 2.45) is 17.3 Å². The van der Waals surface area contributed by atoms with Crippen molar-refractivity contribution in [2.45, 2.75) is 91.8 Å². The Balaban J connectivity index is 1.79. The fraction of sp³-hybridized carbons (Fsp3) is 0.905. The first-order valence-electron chi connectivity index (χ1n) is 9.98. The Morgan fingerprint density at radius 3 is 1.76 bits per heavy atom. The predicted molar refractivity (Wildman–Crippen MR) is 100 cm³/mol. The second-order valence-electron chi connectivity index (χ2n) is 9.92. The van der Waals surface area contributed by atoms with Gasteiger partial charge in [-0.05, 0) is 59.3 Å². The number of hydrogen-bond acceptors (Lipinski definition) is 3. The van der Waals surface area contributed by atoms with Gasteiger partial charge in [0.05, 0.1) is 11.7 Å². The van der Waals surface area contributed by atoms with Gasteiger partial charge in [-0.3, -0.25) is 9.59 Å². The van der Waals surface area contributed by atoms with Crippen LogP contribution in [0.1, 0.15) is 80.1 Å². The van der Waals surface area contributed by atoms with Crippen molar-refractivity contribution >= 4 is 11.7 Å². The summed E-state index contributed by atoms with van der Waals surface area (Å²) in [6.07, 6.45) is 5.76. The molecule has 0 radical (unpaired) electrons. The van der Waals surface area contributed by atoms with Gasteiger partial charge in [0.2, 0.25) is 5.91 Å². The van der Waals surface area contributed by atoms with Crippen LogP contribution in [0.5, 0.6) is 0 Å². The quantitative estimate of drug-likeness (QED) is 0.765. The minimum absolute atomic E-state index is 0.108. The molecule has 1 aliphatic carbocycles. The molecule has 2 aliphatic rings. The lowest BCUT2D eigenvalue weighted by molar-refractivity contribution is -0.143. The number of likely N-dealkylation sites (tertiary alicyclic amines) is 1. The zero-order valence-corrected chi connectivity index (χ0v) is 17.1. The molecular weight excluding hydrogens is 314 g/mol. The fourth-order valence-corrected chi connectivity index (χ4v) is 4.16. The zero-order valence-electron chi connectivity index (χ0n) is 17.1. The average Bonchev–Trinajstić information content (AvgIpc) is 2.52. The van der Waals surface area contributed by atoms with Gasteiger partial charge in [0, 0.05) is 30.3 Å². The van der Waals surface area contributed by atoms with Crippen LogP contribution in [-0.4, -0.2) is 41.4 Å². The molecule has 0 spiro atoms. The SMILES string of the molecule is CC(C)(C)O[C@H]1CC[C@H](C(=O)N2CCC(C(=O)C(C)(C)C)CC2)CC1. The van der Waals surface area contributed by atoms with Crippen molar-refractivity contribution in [3.63, 3.8) is 0 Å². The summed E-state index contributed by atoms with van der Waals surface area (Å²) in [6, 6.07) is 0. The molecule has 2 rings (SSSR count). The van der Waals surface area contributed by atoms with Gasteiger partial charge in [-0.15, -0.1) is 0 Å². The van der Waals surface area contributed by atoms with Gasteiger partial charge >= 0.3 is 0 Å². The summed E-state index contributed by atoms with van der Waals surface area (Å²) in [5, 5.41) is 0. The van der Waals surface area contributed by atoms with E-state index >= 15 is 0 Å².